The van der Waals surface area contributed by atoms with Gasteiger partial charge < -0.3 is 19.7 Å². The number of benzene rings is 1. The first-order valence-electron chi connectivity index (χ1n) is 6.91. The number of hydrogen-bond acceptors (Lipinski definition) is 6. The van der Waals surface area contributed by atoms with E-state index in [2.05, 4.69) is 24.0 Å². The summed E-state index contributed by atoms with van der Waals surface area (Å²) in [5.41, 5.74) is 6.87. The molecule has 0 bridgehead atoms. The predicted molar refractivity (Wildman–Crippen MR) is 79.2 cm³/mol. The van der Waals surface area contributed by atoms with Gasteiger partial charge in [-0.25, -0.2) is 0 Å². The van der Waals surface area contributed by atoms with Gasteiger partial charge in [0.1, 0.15) is 11.5 Å². The van der Waals surface area contributed by atoms with E-state index in [1.165, 1.54) is 0 Å². The number of aromatic nitrogens is 2. The van der Waals surface area contributed by atoms with Crippen LogP contribution in [0, 0.1) is 5.92 Å². The fraction of sp³-hybridized carbons (Fsp3) is 0.467. The highest BCUT2D eigenvalue weighted by molar-refractivity contribution is 5.60. The highest BCUT2D eigenvalue weighted by Crippen LogP contribution is 2.29. The van der Waals surface area contributed by atoms with Crippen LogP contribution < -0.4 is 15.2 Å². The van der Waals surface area contributed by atoms with Crippen molar-refractivity contribution in [2.24, 2.45) is 11.7 Å². The molecule has 1 aromatic heterocycles. The molecule has 0 aliphatic rings. The molecule has 114 valence electrons. The van der Waals surface area contributed by atoms with Crippen LogP contribution in [0.1, 0.15) is 32.2 Å². The number of nitrogens with two attached hydrogens (primary N) is 1. The second kappa shape index (κ2) is 6.58. The summed E-state index contributed by atoms with van der Waals surface area (Å²) in [7, 11) is 3.19. The molecule has 1 unspecified atom stereocenters. The summed E-state index contributed by atoms with van der Waals surface area (Å²) in [5.74, 6) is 2.53. The molecule has 2 aromatic rings. The molecular formula is C15H21N3O3. The molecule has 0 fully saturated rings. The van der Waals surface area contributed by atoms with Crippen molar-refractivity contribution in [2.45, 2.75) is 26.3 Å². The van der Waals surface area contributed by atoms with Gasteiger partial charge in [0.15, 0.2) is 0 Å². The van der Waals surface area contributed by atoms with Crippen LogP contribution in [0.4, 0.5) is 0 Å². The summed E-state index contributed by atoms with van der Waals surface area (Å²) in [6.07, 6.45) is 0.950. The van der Waals surface area contributed by atoms with Crippen LogP contribution in [0.25, 0.3) is 11.4 Å². The molecule has 2 rings (SSSR count). The number of hydrogen-bond donors (Lipinski definition) is 1. The monoisotopic (exact) mass is 291 g/mol. The Hall–Kier alpha value is -2.08. The lowest BCUT2D eigenvalue weighted by Crippen LogP contribution is -2.18. The van der Waals surface area contributed by atoms with Crippen molar-refractivity contribution in [1.29, 1.82) is 0 Å². The third-order valence-electron chi connectivity index (χ3n) is 3.59. The minimum Gasteiger partial charge on any atom is -0.497 e. The van der Waals surface area contributed by atoms with E-state index in [0.717, 1.165) is 12.0 Å². The smallest absolute Gasteiger partial charge is 0.244 e. The second-order valence-electron chi connectivity index (χ2n) is 4.97. The molecule has 0 spiro atoms. The normalized spacial score (nSPS) is 13.8. The average molecular weight is 291 g/mol. The Bertz CT molecular complexity index is 575. The van der Waals surface area contributed by atoms with Crippen molar-refractivity contribution in [3.8, 4) is 22.9 Å². The van der Waals surface area contributed by atoms with Crippen LogP contribution in [0.2, 0.25) is 0 Å². The molecule has 6 nitrogen and oxygen atoms in total. The Morgan fingerprint density at radius 2 is 1.81 bits per heavy atom. The van der Waals surface area contributed by atoms with Gasteiger partial charge in [-0.05, 0) is 18.1 Å². The SMILES string of the molecule is CCC(C)[C@H](N)c1nc(-c2cc(OC)cc(OC)c2)no1. The molecule has 0 aliphatic heterocycles. The van der Waals surface area contributed by atoms with Crippen LogP contribution in [0.5, 0.6) is 11.5 Å². The predicted octanol–water partition coefficient (Wildman–Crippen LogP) is 2.80. The van der Waals surface area contributed by atoms with Crippen molar-refractivity contribution in [3.63, 3.8) is 0 Å². The van der Waals surface area contributed by atoms with E-state index in [9.17, 15) is 0 Å². The lowest BCUT2D eigenvalue weighted by Gasteiger charge is -2.13. The molecule has 6 heteroatoms. The Balaban J connectivity index is 2.33. The summed E-state index contributed by atoms with van der Waals surface area (Å²) in [6.45, 7) is 4.14. The summed E-state index contributed by atoms with van der Waals surface area (Å²) < 4.78 is 15.8. The van der Waals surface area contributed by atoms with E-state index < -0.39 is 0 Å². The zero-order chi connectivity index (χ0) is 15.4. The first-order valence-corrected chi connectivity index (χ1v) is 6.91. The van der Waals surface area contributed by atoms with Gasteiger partial charge in [-0.15, -0.1) is 0 Å². The van der Waals surface area contributed by atoms with Crippen molar-refractivity contribution in [1.82, 2.24) is 10.1 Å². The van der Waals surface area contributed by atoms with Crippen molar-refractivity contribution < 1.29 is 14.0 Å². The fourth-order valence-electron chi connectivity index (χ4n) is 1.92. The molecule has 0 saturated heterocycles. The highest BCUT2D eigenvalue weighted by atomic mass is 16.5. The van der Waals surface area contributed by atoms with Crippen molar-refractivity contribution in [2.75, 3.05) is 14.2 Å². The largest absolute Gasteiger partial charge is 0.497 e. The van der Waals surface area contributed by atoms with Gasteiger partial charge in [0.25, 0.3) is 0 Å². The summed E-state index contributed by atoms with van der Waals surface area (Å²) in [4.78, 5) is 4.39. The van der Waals surface area contributed by atoms with Gasteiger partial charge in [0.2, 0.25) is 11.7 Å². The summed E-state index contributed by atoms with van der Waals surface area (Å²) in [6, 6.07) is 5.18. The van der Waals surface area contributed by atoms with E-state index in [1.807, 2.05) is 12.1 Å². The van der Waals surface area contributed by atoms with Gasteiger partial charge in [-0.2, -0.15) is 4.98 Å². The number of rotatable bonds is 6. The van der Waals surface area contributed by atoms with Crippen molar-refractivity contribution >= 4 is 0 Å². The molecular weight excluding hydrogens is 270 g/mol. The maximum atomic E-state index is 6.11. The molecule has 21 heavy (non-hydrogen) atoms. The third-order valence-corrected chi connectivity index (χ3v) is 3.59. The zero-order valence-electron chi connectivity index (χ0n) is 12.8. The van der Waals surface area contributed by atoms with E-state index in [-0.39, 0.29) is 12.0 Å². The highest BCUT2D eigenvalue weighted by Gasteiger charge is 2.21. The molecule has 1 heterocycles. The molecule has 0 amide bonds. The average Bonchev–Trinajstić information content (AvgIpc) is 3.02. The Labute approximate surface area is 124 Å². The van der Waals surface area contributed by atoms with Crippen LogP contribution in [0.3, 0.4) is 0 Å². The lowest BCUT2D eigenvalue weighted by atomic mass is 10.0. The van der Waals surface area contributed by atoms with Crippen LogP contribution in [-0.4, -0.2) is 24.4 Å². The minimum absolute atomic E-state index is 0.260. The Kier molecular flexibility index (Phi) is 4.80. The number of nitrogens with zero attached hydrogens (tertiary/aromatic N) is 2. The quantitative estimate of drug-likeness (QED) is 0.881. The third kappa shape index (κ3) is 3.33. The first-order chi connectivity index (χ1) is 10.1. The lowest BCUT2D eigenvalue weighted by molar-refractivity contribution is 0.312. The van der Waals surface area contributed by atoms with Gasteiger partial charge in [0.05, 0.1) is 20.3 Å². The molecule has 0 aliphatic carbocycles. The second-order valence-corrected chi connectivity index (χ2v) is 4.97. The van der Waals surface area contributed by atoms with Crippen molar-refractivity contribution in [3.05, 3.63) is 24.1 Å². The van der Waals surface area contributed by atoms with Crippen LogP contribution >= 0.6 is 0 Å². The van der Waals surface area contributed by atoms with Gasteiger partial charge >= 0.3 is 0 Å². The van der Waals surface area contributed by atoms with Crippen LogP contribution in [0.15, 0.2) is 22.7 Å². The zero-order valence-corrected chi connectivity index (χ0v) is 12.8. The molecule has 2 N–H and O–H groups in total. The molecule has 0 radical (unpaired) electrons. The van der Waals surface area contributed by atoms with E-state index in [4.69, 9.17) is 19.7 Å². The first kappa shape index (κ1) is 15.3. The molecule has 0 saturated carbocycles. The summed E-state index contributed by atoms with van der Waals surface area (Å²) >= 11 is 0. The Morgan fingerprint density at radius 3 is 2.33 bits per heavy atom. The Morgan fingerprint density at radius 1 is 1.19 bits per heavy atom. The van der Waals surface area contributed by atoms with E-state index in [0.29, 0.717) is 23.2 Å². The maximum Gasteiger partial charge on any atom is 0.244 e. The number of ether oxygens (including phenoxy) is 2. The number of methoxy groups -OCH3 is 2. The van der Waals surface area contributed by atoms with Crippen LogP contribution in [-0.2, 0) is 0 Å². The molecule has 2 atom stereocenters. The van der Waals surface area contributed by atoms with E-state index >= 15 is 0 Å². The fourth-order valence-corrected chi connectivity index (χ4v) is 1.92. The minimum atomic E-state index is -0.260. The standard InChI is InChI=1S/C15H21N3O3/c1-5-9(2)13(16)15-17-14(18-21-15)10-6-11(19-3)8-12(7-10)20-4/h6-9,13H,5,16H2,1-4H3/t9?,13-/m0/s1. The summed E-state index contributed by atoms with van der Waals surface area (Å²) in [5, 5.41) is 4.00. The van der Waals surface area contributed by atoms with Gasteiger partial charge in [-0.3, -0.25) is 0 Å². The van der Waals surface area contributed by atoms with Gasteiger partial charge in [0, 0.05) is 11.6 Å². The van der Waals surface area contributed by atoms with Gasteiger partial charge in [-0.1, -0.05) is 25.4 Å². The molecule has 1 aromatic carbocycles. The topological polar surface area (TPSA) is 83.4 Å². The maximum absolute atomic E-state index is 6.11. The van der Waals surface area contributed by atoms with E-state index in [1.54, 1.807) is 20.3 Å².